The van der Waals surface area contributed by atoms with Crippen molar-refractivity contribution in [3.63, 3.8) is 0 Å². The maximum absolute atomic E-state index is 9.50. The number of unbranched alkanes of at least 4 members (excludes halogenated alkanes) is 1. The Kier molecular flexibility index (Phi) is 9.10. The van der Waals surface area contributed by atoms with Gasteiger partial charge in [-0.1, -0.05) is 121 Å². The maximum Gasteiger partial charge on any atom is 0.395 e. The first-order valence-corrected chi connectivity index (χ1v) is 12.5. The molecule has 0 aliphatic heterocycles. The Bertz CT molecular complexity index is 1200. The Labute approximate surface area is 222 Å². The van der Waals surface area contributed by atoms with Crippen molar-refractivity contribution in [3.8, 4) is 12.1 Å². The van der Waals surface area contributed by atoms with Crippen molar-refractivity contribution in [2.75, 3.05) is 13.2 Å². The average Bonchev–Trinajstić information content (AvgIpc) is 2.99. The monoisotopic (exact) mass is 506 g/mol. The molecule has 2 N–H and O–H groups in total. The fourth-order valence-electron chi connectivity index (χ4n) is 4.48. The summed E-state index contributed by atoms with van der Waals surface area (Å²) in [6, 6.07) is 43.9. The highest BCUT2D eigenvalue weighted by Crippen LogP contribution is 2.35. The lowest BCUT2D eigenvalue weighted by atomic mass is 9.87. The minimum Gasteiger partial charge on any atom is -0.349 e. The molecule has 0 saturated heterocycles. The number of nitrogens with zero attached hydrogens (tertiary/aromatic N) is 2. The lowest BCUT2D eigenvalue weighted by molar-refractivity contribution is 0.00266. The lowest BCUT2D eigenvalue weighted by Gasteiger charge is -2.26. The van der Waals surface area contributed by atoms with Crippen molar-refractivity contribution in [3.05, 3.63) is 154 Å². The van der Waals surface area contributed by atoms with Crippen LogP contribution in [0.25, 0.3) is 10.0 Å². The number of ether oxygens (including phenoxy) is 2. The van der Waals surface area contributed by atoms with Crippen LogP contribution in [0.2, 0.25) is 0 Å². The smallest absolute Gasteiger partial charge is 0.349 e. The average molecular weight is 507 g/mol. The molecule has 38 heavy (non-hydrogen) atoms. The summed E-state index contributed by atoms with van der Waals surface area (Å²) >= 11 is 0. The van der Waals surface area contributed by atoms with Crippen LogP contribution in [0.4, 0.5) is 0 Å². The first-order chi connectivity index (χ1) is 18.7. The van der Waals surface area contributed by atoms with E-state index in [0.717, 1.165) is 22.3 Å². The van der Waals surface area contributed by atoms with Gasteiger partial charge in [-0.05, 0) is 12.8 Å². The third-order valence-corrected chi connectivity index (χ3v) is 6.31. The van der Waals surface area contributed by atoms with Crippen LogP contribution in [0.3, 0.4) is 0 Å². The second kappa shape index (κ2) is 13.1. The van der Waals surface area contributed by atoms with Crippen molar-refractivity contribution in [1.82, 2.24) is 0 Å². The zero-order valence-corrected chi connectivity index (χ0v) is 21.0. The van der Waals surface area contributed by atoms with Crippen molar-refractivity contribution in [2.45, 2.75) is 24.0 Å². The molecule has 0 fully saturated rings. The van der Waals surface area contributed by atoms with E-state index >= 15 is 0 Å². The molecule has 0 amide bonds. The van der Waals surface area contributed by atoms with Crippen LogP contribution in [0.5, 0.6) is 0 Å². The van der Waals surface area contributed by atoms with Crippen LogP contribution >= 0.6 is 0 Å². The molecule has 190 valence electrons. The number of rotatable bonds is 11. The molecule has 0 bridgehead atoms. The number of hydrogen-bond acceptors (Lipinski definition) is 4. The molecule has 0 heterocycles. The topological polar surface area (TPSA) is 67.6 Å². The van der Waals surface area contributed by atoms with Gasteiger partial charge in [0.2, 0.25) is 10.0 Å². The largest absolute Gasteiger partial charge is 0.395 e. The second-order valence-electron chi connectivity index (χ2n) is 8.65. The van der Waals surface area contributed by atoms with Crippen LogP contribution in [-0.4, -0.2) is 23.6 Å². The van der Waals surface area contributed by atoms with Crippen molar-refractivity contribution in [1.29, 1.82) is 0 Å². The molecule has 0 aromatic heterocycles. The van der Waals surface area contributed by atoms with Crippen LogP contribution in [0, 0.1) is 12.1 Å². The quantitative estimate of drug-likeness (QED) is 0.168. The van der Waals surface area contributed by atoms with Gasteiger partial charge in [-0.2, -0.15) is 10.4 Å². The van der Waals surface area contributed by atoms with Crippen molar-refractivity contribution < 1.29 is 19.9 Å². The molecule has 0 aliphatic carbocycles. The standard InChI is InChI=1S/C32H28N2O4/c35-33-25-31(27-15-5-1-6-16-27,28-17-7-2-8-18-28)37-23-13-14-24-38-32(26-34-36,29-19-9-3-10-20-29)30-21-11-4-12-22-30/h1-12,15-22H,13-14,23-24H2/p+2. The summed E-state index contributed by atoms with van der Waals surface area (Å²) in [4.78, 5) is 0. The summed E-state index contributed by atoms with van der Waals surface area (Å²) in [6.07, 6.45) is 1.31. The first-order valence-electron chi connectivity index (χ1n) is 12.5. The van der Waals surface area contributed by atoms with Gasteiger partial charge in [-0.3, -0.25) is 0 Å². The molecular formula is C32H30N2O4+2. The van der Waals surface area contributed by atoms with E-state index in [1.54, 1.807) is 0 Å². The minimum atomic E-state index is -1.16. The minimum absolute atomic E-state index is 0.358. The van der Waals surface area contributed by atoms with Gasteiger partial charge in [0.15, 0.2) is 0 Å². The zero-order chi connectivity index (χ0) is 26.5. The molecule has 4 aromatic carbocycles. The first kappa shape index (κ1) is 26.4. The van der Waals surface area contributed by atoms with Crippen LogP contribution in [0.15, 0.2) is 121 Å². The van der Waals surface area contributed by atoms with Gasteiger partial charge in [-0.15, -0.1) is 0 Å². The summed E-state index contributed by atoms with van der Waals surface area (Å²) in [5.74, 6) is 0. The predicted octanol–water partition coefficient (Wildman–Crippen LogP) is 7.13. The van der Waals surface area contributed by atoms with E-state index in [9.17, 15) is 10.4 Å². The predicted molar refractivity (Wildman–Crippen MR) is 147 cm³/mol. The SMILES string of the molecule is O[N+]#CC(OCCCCOC(C#[N+]O)(c1ccccc1)c1ccccc1)(c1ccccc1)c1ccccc1. The highest BCUT2D eigenvalue weighted by atomic mass is 16.5. The zero-order valence-electron chi connectivity index (χ0n) is 21.0. The van der Waals surface area contributed by atoms with E-state index in [1.165, 1.54) is 0 Å². The van der Waals surface area contributed by atoms with E-state index in [2.05, 4.69) is 22.2 Å². The van der Waals surface area contributed by atoms with Gasteiger partial charge in [0, 0.05) is 35.5 Å². The van der Waals surface area contributed by atoms with Crippen molar-refractivity contribution in [2.24, 2.45) is 0 Å². The van der Waals surface area contributed by atoms with E-state index in [-0.39, 0.29) is 0 Å². The maximum atomic E-state index is 9.50. The van der Waals surface area contributed by atoms with Crippen molar-refractivity contribution >= 4 is 0 Å². The van der Waals surface area contributed by atoms with E-state index < -0.39 is 11.2 Å². The molecule has 0 atom stereocenters. The Balaban J connectivity index is 1.49. The molecule has 0 saturated carbocycles. The van der Waals surface area contributed by atoms with Gasteiger partial charge < -0.3 is 9.47 Å². The van der Waals surface area contributed by atoms with Gasteiger partial charge in [-0.25, -0.2) is 0 Å². The number of benzene rings is 4. The third kappa shape index (κ3) is 5.85. The summed E-state index contributed by atoms with van der Waals surface area (Å²) in [6.45, 7) is 0.717. The fraction of sp³-hybridized carbons (Fsp3) is 0.188. The Morgan fingerprint density at radius 2 is 0.737 bits per heavy atom. The van der Waals surface area contributed by atoms with E-state index in [0.29, 0.717) is 26.1 Å². The number of hydrogen-bond donors (Lipinski definition) is 2. The summed E-state index contributed by atoms with van der Waals surface area (Å²) in [7, 11) is 0. The fourth-order valence-corrected chi connectivity index (χ4v) is 4.48. The Hall–Kier alpha value is -4.62. The molecule has 0 aliphatic rings. The Morgan fingerprint density at radius 3 is 0.974 bits per heavy atom. The summed E-state index contributed by atoms with van der Waals surface area (Å²) in [5.41, 5.74) is 0.908. The normalized spacial score (nSPS) is 11.1. The second-order valence-corrected chi connectivity index (χ2v) is 8.65. The lowest BCUT2D eigenvalue weighted by Crippen LogP contribution is -2.31. The molecular weight excluding hydrogens is 476 g/mol. The van der Waals surface area contributed by atoms with Crippen LogP contribution in [-0.2, 0) is 20.7 Å². The molecule has 4 rings (SSSR count). The van der Waals surface area contributed by atoms with Gasteiger partial charge in [0.05, 0.1) is 0 Å². The van der Waals surface area contributed by atoms with Gasteiger partial charge in [0.1, 0.15) is 0 Å². The van der Waals surface area contributed by atoms with Crippen LogP contribution < -0.4 is 0 Å². The van der Waals surface area contributed by atoms with Crippen LogP contribution in [0.1, 0.15) is 35.1 Å². The van der Waals surface area contributed by atoms with Gasteiger partial charge in [0.25, 0.3) is 11.2 Å². The summed E-state index contributed by atoms with van der Waals surface area (Å²) in [5, 5.41) is 25.5. The molecule has 0 radical (unpaired) electrons. The highest BCUT2D eigenvalue weighted by molar-refractivity contribution is 5.44. The van der Waals surface area contributed by atoms with Gasteiger partial charge >= 0.3 is 12.1 Å². The molecule has 0 unspecified atom stereocenters. The molecule has 0 spiro atoms. The molecule has 4 aromatic rings. The third-order valence-electron chi connectivity index (χ3n) is 6.31. The van der Waals surface area contributed by atoms with E-state index in [1.807, 2.05) is 121 Å². The van der Waals surface area contributed by atoms with E-state index in [4.69, 9.17) is 9.47 Å². The molecule has 6 heteroatoms. The Morgan fingerprint density at radius 1 is 0.474 bits per heavy atom. The summed E-state index contributed by atoms with van der Waals surface area (Å²) < 4.78 is 12.8. The highest BCUT2D eigenvalue weighted by Gasteiger charge is 2.42. The molecule has 6 nitrogen and oxygen atoms in total.